The normalized spacial score (nSPS) is 18.8. The molecule has 0 bridgehead atoms. The lowest BCUT2D eigenvalue weighted by Gasteiger charge is -2.29. The Kier molecular flexibility index (Phi) is 7.21. The molecule has 0 radical (unpaired) electrons. The van der Waals surface area contributed by atoms with Crippen LogP contribution in [0.2, 0.25) is 0 Å². The van der Waals surface area contributed by atoms with Gasteiger partial charge in [0, 0.05) is 5.39 Å². The lowest BCUT2D eigenvalue weighted by Crippen LogP contribution is -2.45. The van der Waals surface area contributed by atoms with E-state index >= 15 is 0 Å². The summed E-state index contributed by atoms with van der Waals surface area (Å²) in [7, 11) is -0.379. The molecule has 12 heteroatoms. The van der Waals surface area contributed by atoms with E-state index in [0.717, 1.165) is 23.6 Å². The van der Waals surface area contributed by atoms with Gasteiger partial charge in [-0.15, -0.1) is 0 Å². The number of aromatic nitrogens is 4. The fourth-order valence-electron chi connectivity index (χ4n) is 4.22. The quantitative estimate of drug-likeness (QED) is 0.243. The van der Waals surface area contributed by atoms with E-state index in [1.807, 2.05) is 47.0 Å². The van der Waals surface area contributed by atoms with Crippen LogP contribution in [-0.2, 0) is 18.8 Å². The number of methoxy groups -OCH3 is 1. The Morgan fingerprint density at radius 1 is 1.19 bits per heavy atom. The highest BCUT2D eigenvalue weighted by atomic mass is 31.2. The molecule has 1 aliphatic heterocycles. The second-order valence-electron chi connectivity index (χ2n) is 9.22. The summed E-state index contributed by atoms with van der Waals surface area (Å²) in [6.45, 7) is 3.72. The van der Waals surface area contributed by atoms with Crippen molar-refractivity contribution in [3.05, 3.63) is 55.1 Å². The highest BCUT2D eigenvalue weighted by Gasteiger charge is 2.35. The van der Waals surface area contributed by atoms with Crippen LogP contribution in [0.15, 0.2) is 55.1 Å². The molecule has 5 rings (SSSR count). The molecule has 0 saturated carbocycles. The molecule has 2 aromatic heterocycles. The number of fused-ring (bicyclic) bond motifs is 2. The van der Waals surface area contributed by atoms with Crippen LogP contribution in [0.5, 0.6) is 5.75 Å². The van der Waals surface area contributed by atoms with E-state index in [4.69, 9.17) is 24.3 Å². The van der Waals surface area contributed by atoms with E-state index in [9.17, 15) is 4.79 Å². The van der Waals surface area contributed by atoms with Gasteiger partial charge in [0.2, 0.25) is 0 Å². The number of anilines is 1. The van der Waals surface area contributed by atoms with Gasteiger partial charge in [0.25, 0.3) is 0 Å². The van der Waals surface area contributed by atoms with Crippen molar-refractivity contribution in [3.8, 4) is 5.75 Å². The lowest BCUT2D eigenvalue weighted by atomic mass is 10.1. The van der Waals surface area contributed by atoms with Crippen LogP contribution in [0, 0.1) is 0 Å². The number of carbonyl (C=O) groups is 1. The van der Waals surface area contributed by atoms with Gasteiger partial charge in [0.1, 0.15) is 29.4 Å². The van der Waals surface area contributed by atoms with E-state index in [1.165, 1.54) is 13.4 Å². The molecule has 0 spiro atoms. The minimum Gasteiger partial charge on any atom is -0.468 e. The van der Waals surface area contributed by atoms with Gasteiger partial charge < -0.3 is 24.3 Å². The zero-order valence-electron chi connectivity index (χ0n) is 20.8. The largest absolute Gasteiger partial charge is 0.468 e. The molecule has 3 heterocycles. The Morgan fingerprint density at radius 3 is 2.84 bits per heavy atom. The summed E-state index contributed by atoms with van der Waals surface area (Å²) in [4.78, 5) is 25.0. The number of esters is 1. The van der Waals surface area contributed by atoms with E-state index in [-0.39, 0.29) is 18.9 Å². The number of hydrogen-bond donors (Lipinski definition) is 2. The molecule has 0 amide bonds. The Bertz CT molecular complexity index is 1410. The molecule has 3 unspecified atom stereocenters. The standard InChI is InChI=1S/C25H29N6O5P/c1-25(2,24(32)33-3)30-37(36-19-10-6-8-16-7-4-5-9-18(16)19)34-13-17-11-12-20(35-17)31-15-29-21-22(26)27-14-28-23(21)31/h4-10,14-15,17,20,30H,11-13H2,1-3H3,(H2,26,27,28). The molecule has 1 aliphatic rings. The van der Waals surface area contributed by atoms with E-state index in [2.05, 4.69) is 20.0 Å². The molecule has 4 aromatic rings. The minimum absolute atomic E-state index is 0.189. The molecular formula is C25H29N6O5P. The minimum atomic E-state index is -1.73. The van der Waals surface area contributed by atoms with Crippen LogP contribution in [0.3, 0.4) is 0 Å². The fraction of sp³-hybridized carbons (Fsp3) is 0.360. The predicted octanol–water partition coefficient (Wildman–Crippen LogP) is 4.10. The van der Waals surface area contributed by atoms with Gasteiger partial charge in [-0.25, -0.2) is 20.0 Å². The zero-order chi connectivity index (χ0) is 26.0. The summed E-state index contributed by atoms with van der Waals surface area (Å²) in [6, 6.07) is 13.8. The smallest absolute Gasteiger partial charge is 0.325 e. The average molecular weight is 525 g/mol. The van der Waals surface area contributed by atoms with Crippen molar-refractivity contribution in [2.24, 2.45) is 0 Å². The number of nitrogens with two attached hydrogens (primary N) is 1. The number of ether oxygens (including phenoxy) is 2. The maximum atomic E-state index is 12.4. The van der Waals surface area contributed by atoms with Crippen LogP contribution in [0.1, 0.15) is 32.9 Å². The number of rotatable bonds is 9. The fourth-order valence-corrected chi connectivity index (χ4v) is 5.57. The maximum Gasteiger partial charge on any atom is 0.325 e. The van der Waals surface area contributed by atoms with Gasteiger partial charge in [-0.1, -0.05) is 36.4 Å². The first-order valence-electron chi connectivity index (χ1n) is 11.9. The molecular weight excluding hydrogens is 495 g/mol. The van der Waals surface area contributed by atoms with E-state index in [1.54, 1.807) is 20.2 Å². The predicted molar refractivity (Wildman–Crippen MR) is 140 cm³/mol. The molecule has 11 nitrogen and oxygen atoms in total. The molecule has 1 fully saturated rings. The summed E-state index contributed by atoms with van der Waals surface area (Å²) in [5, 5.41) is 5.19. The van der Waals surface area contributed by atoms with E-state index in [0.29, 0.717) is 22.7 Å². The number of nitrogens with zero attached hydrogens (tertiary/aromatic N) is 4. The Hall–Kier alpha value is -3.37. The van der Waals surface area contributed by atoms with Crippen molar-refractivity contribution in [2.75, 3.05) is 19.5 Å². The SMILES string of the molecule is COC(=O)C(C)(C)NP(OCC1CCC(n2cnc3c(N)ncnc32)O1)Oc1cccc2ccccc12. The molecule has 3 atom stereocenters. The van der Waals surface area contributed by atoms with Crippen molar-refractivity contribution in [1.82, 2.24) is 24.6 Å². The highest BCUT2D eigenvalue weighted by Crippen LogP contribution is 2.42. The van der Waals surface area contributed by atoms with Crippen LogP contribution < -0.4 is 15.3 Å². The molecule has 3 N–H and O–H groups in total. The molecule has 194 valence electrons. The molecule has 1 saturated heterocycles. The van der Waals surface area contributed by atoms with Crippen LogP contribution in [0.4, 0.5) is 5.82 Å². The van der Waals surface area contributed by atoms with Gasteiger partial charge in [-0.05, 0) is 38.1 Å². The first-order valence-corrected chi connectivity index (χ1v) is 13.1. The van der Waals surface area contributed by atoms with Gasteiger partial charge in [-0.3, -0.25) is 9.36 Å². The average Bonchev–Trinajstić information content (AvgIpc) is 3.54. The first-order chi connectivity index (χ1) is 17.9. The number of hydrogen-bond acceptors (Lipinski definition) is 10. The number of nitrogens with one attached hydrogen (secondary N) is 1. The van der Waals surface area contributed by atoms with Crippen molar-refractivity contribution < 1.29 is 23.3 Å². The summed E-state index contributed by atoms with van der Waals surface area (Å²) < 4.78 is 25.6. The molecule has 37 heavy (non-hydrogen) atoms. The lowest BCUT2D eigenvalue weighted by molar-refractivity contribution is -0.146. The number of carbonyl (C=O) groups excluding carboxylic acids is 1. The number of benzene rings is 2. The van der Waals surface area contributed by atoms with Crippen molar-refractivity contribution in [1.29, 1.82) is 0 Å². The van der Waals surface area contributed by atoms with Crippen LogP contribution in [0.25, 0.3) is 21.9 Å². The van der Waals surface area contributed by atoms with Gasteiger partial charge in [-0.2, -0.15) is 0 Å². The summed E-state index contributed by atoms with van der Waals surface area (Å²) in [6.07, 6.45) is 4.16. The third-order valence-corrected chi connectivity index (χ3v) is 7.65. The molecule has 2 aromatic carbocycles. The van der Waals surface area contributed by atoms with Crippen molar-refractivity contribution >= 4 is 42.2 Å². The molecule has 0 aliphatic carbocycles. The van der Waals surface area contributed by atoms with Gasteiger partial charge in [0.05, 0.1) is 26.1 Å². The van der Waals surface area contributed by atoms with Crippen molar-refractivity contribution in [2.45, 2.75) is 44.6 Å². The summed E-state index contributed by atoms with van der Waals surface area (Å²) >= 11 is 0. The summed E-state index contributed by atoms with van der Waals surface area (Å²) in [5.41, 5.74) is 6.06. The number of nitrogen functional groups attached to an aromatic ring is 1. The summed E-state index contributed by atoms with van der Waals surface area (Å²) in [5.74, 6) is 0.567. The van der Waals surface area contributed by atoms with Gasteiger partial charge in [0.15, 0.2) is 11.5 Å². The van der Waals surface area contributed by atoms with Crippen LogP contribution >= 0.6 is 8.53 Å². The highest BCUT2D eigenvalue weighted by molar-refractivity contribution is 7.45. The number of imidazole rings is 1. The third-order valence-electron chi connectivity index (χ3n) is 6.16. The van der Waals surface area contributed by atoms with Crippen LogP contribution in [-0.4, -0.2) is 50.8 Å². The van der Waals surface area contributed by atoms with Crippen molar-refractivity contribution in [3.63, 3.8) is 0 Å². The monoisotopic (exact) mass is 524 g/mol. The Labute approximate surface area is 215 Å². The second-order valence-corrected chi connectivity index (χ2v) is 10.4. The Balaban J connectivity index is 1.30. The van der Waals surface area contributed by atoms with Gasteiger partial charge >= 0.3 is 14.5 Å². The third kappa shape index (κ3) is 5.35. The topological polar surface area (TPSA) is 136 Å². The Morgan fingerprint density at radius 2 is 2.00 bits per heavy atom. The maximum absolute atomic E-state index is 12.4. The first kappa shape index (κ1) is 25.3. The van der Waals surface area contributed by atoms with E-state index < -0.39 is 20.0 Å². The zero-order valence-corrected chi connectivity index (χ0v) is 21.7. The second kappa shape index (κ2) is 10.5.